The summed E-state index contributed by atoms with van der Waals surface area (Å²) in [6, 6.07) is 11.8. The van der Waals surface area contributed by atoms with E-state index in [1.165, 1.54) is 0 Å². The van der Waals surface area contributed by atoms with Crippen molar-refractivity contribution in [1.29, 1.82) is 0 Å². The van der Waals surface area contributed by atoms with Gasteiger partial charge in [0.1, 0.15) is 11.6 Å². The third-order valence-corrected chi connectivity index (χ3v) is 3.22. The fraction of sp³-hybridized carbons (Fsp3) is 0.200. The van der Waals surface area contributed by atoms with Crippen LogP contribution in [0.3, 0.4) is 0 Å². The summed E-state index contributed by atoms with van der Waals surface area (Å²) in [6.45, 7) is 1.38. The molecule has 0 aliphatic rings. The van der Waals surface area contributed by atoms with Crippen LogP contribution in [-0.4, -0.2) is 28.3 Å². The highest BCUT2D eigenvalue weighted by Crippen LogP contribution is 2.24. The SMILES string of the molecule is COCCn1c(-c2ccc(N)nc2)nc2ccccc21. The number of imidazole rings is 1. The number of ether oxygens (including phenoxy) is 1. The molecule has 2 aromatic heterocycles. The van der Waals surface area contributed by atoms with E-state index in [0.717, 1.165) is 29.0 Å². The van der Waals surface area contributed by atoms with Gasteiger partial charge in [-0.2, -0.15) is 0 Å². The van der Waals surface area contributed by atoms with Crippen LogP contribution in [0.15, 0.2) is 42.6 Å². The van der Waals surface area contributed by atoms with Crippen LogP contribution in [0.4, 0.5) is 5.82 Å². The number of nitrogen functional groups attached to an aromatic ring is 1. The van der Waals surface area contributed by atoms with Gasteiger partial charge in [-0.3, -0.25) is 0 Å². The molecular formula is C15H16N4O. The summed E-state index contributed by atoms with van der Waals surface area (Å²) in [7, 11) is 1.70. The molecule has 0 saturated carbocycles. The van der Waals surface area contributed by atoms with Crippen molar-refractivity contribution in [3.05, 3.63) is 42.6 Å². The first kappa shape index (κ1) is 12.6. The number of methoxy groups -OCH3 is 1. The van der Waals surface area contributed by atoms with E-state index in [0.29, 0.717) is 12.4 Å². The molecule has 0 saturated heterocycles. The highest BCUT2D eigenvalue weighted by atomic mass is 16.5. The van der Waals surface area contributed by atoms with E-state index < -0.39 is 0 Å². The van der Waals surface area contributed by atoms with Gasteiger partial charge in [-0.15, -0.1) is 0 Å². The zero-order valence-corrected chi connectivity index (χ0v) is 11.3. The van der Waals surface area contributed by atoms with Crippen LogP contribution in [0.1, 0.15) is 0 Å². The van der Waals surface area contributed by atoms with E-state index in [-0.39, 0.29) is 0 Å². The molecule has 1 aromatic carbocycles. The quantitative estimate of drug-likeness (QED) is 0.788. The minimum Gasteiger partial charge on any atom is -0.384 e. The lowest BCUT2D eigenvalue weighted by atomic mass is 10.2. The monoisotopic (exact) mass is 268 g/mol. The highest BCUT2D eigenvalue weighted by Gasteiger charge is 2.12. The van der Waals surface area contributed by atoms with Crippen molar-refractivity contribution < 1.29 is 4.74 Å². The molecule has 5 heteroatoms. The van der Waals surface area contributed by atoms with E-state index >= 15 is 0 Å². The summed E-state index contributed by atoms with van der Waals surface area (Å²) in [5, 5.41) is 0. The van der Waals surface area contributed by atoms with E-state index in [1.807, 2.05) is 24.3 Å². The standard InChI is InChI=1S/C15H16N4O/c1-20-9-8-19-13-5-3-2-4-12(13)18-15(19)11-6-7-14(16)17-10-11/h2-7,10H,8-9H2,1H3,(H2,16,17). The van der Waals surface area contributed by atoms with Crippen LogP contribution < -0.4 is 5.73 Å². The van der Waals surface area contributed by atoms with Crippen LogP contribution in [0.25, 0.3) is 22.4 Å². The number of para-hydroxylation sites is 2. The zero-order valence-electron chi connectivity index (χ0n) is 11.3. The van der Waals surface area contributed by atoms with Crippen molar-refractivity contribution >= 4 is 16.9 Å². The van der Waals surface area contributed by atoms with Crippen molar-refractivity contribution in [1.82, 2.24) is 14.5 Å². The second kappa shape index (κ2) is 5.30. The van der Waals surface area contributed by atoms with Crippen molar-refractivity contribution in [2.75, 3.05) is 19.5 Å². The lowest BCUT2D eigenvalue weighted by Crippen LogP contribution is -2.06. The molecule has 0 amide bonds. The van der Waals surface area contributed by atoms with Gasteiger partial charge in [0.2, 0.25) is 0 Å². The predicted octanol–water partition coefficient (Wildman–Crippen LogP) is 2.33. The Morgan fingerprint density at radius 3 is 2.80 bits per heavy atom. The van der Waals surface area contributed by atoms with E-state index in [4.69, 9.17) is 15.5 Å². The number of pyridine rings is 1. The molecular weight excluding hydrogens is 252 g/mol. The van der Waals surface area contributed by atoms with Gasteiger partial charge in [-0.1, -0.05) is 12.1 Å². The number of nitrogens with zero attached hydrogens (tertiary/aromatic N) is 3. The predicted molar refractivity (Wildman–Crippen MR) is 79.3 cm³/mol. The second-order valence-electron chi connectivity index (χ2n) is 4.54. The lowest BCUT2D eigenvalue weighted by molar-refractivity contribution is 0.188. The fourth-order valence-corrected chi connectivity index (χ4v) is 2.24. The van der Waals surface area contributed by atoms with Crippen LogP contribution in [0, 0.1) is 0 Å². The minimum atomic E-state index is 0.508. The number of rotatable bonds is 4. The molecule has 0 aliphatic heterocycles. The first-order valence-corrected chi connectivity index (χ1v) is 6.45. The van der Waals surface area contributed by atoms with Crippen molar-refractivity contribution in [2.45, 2.75) is 6.54 Å². The molecule has 102 valence electrons. The number of hydrogen-bond acceptors (Lipinski definition) is 4. The molecule has 0 aliphatic carbocycles. The number of anilines is 1. The zero-order chi connectivity index (χ0) is 13.9. The first-order valence-electron chi connectivity index (χ1n) is 6.45. The van der Waals surface area contributed by atoms with Crippen molar-refractivity contribution in [3.8, 4) is 11.4 Å². The third kappa shape index (κ3) is 2.23. The van der Waals surface area contributed by atoms with Crippen LogP contribution in [-0.2, 0) is 11.3 Å². The molecule has 3 rings (SSSR count). The molecule has 0 fully saturated rings. The van der Waals surface area contributed by atoms with E-state index in [1.54, 1.807) is 19.4 Å². The number of aromatic nitrogens is 3. The molecule has 0 radical (unpaired) electrons. The summed E-state index contributed by atoms with van der Waals surface area (Å²) >= 11 is 0. The smallest absolute Gasteiger partial charge is 0.142 e. The van der Waals surface area contributed by atoms with Gasteiger partial charge in [0.05, 0.1) is 17.6 Å². The summed E-state index contributed by atoms with van der Waals surface area (Å²) in [5.41, 5.74) is 8.65. The van der Waals surface area contributed by atoms with Gasteiger partial charge < -0.3 is 15.0 Å². The molecule has 0 unspecified atom stereocenters. The number of hydrogen-bond donors (Lipinski definition) is 1. The van der Waals surface area contributed by atoms with Gasteiger partial charge in [0.15, 0.2) is 0 Å². The Bertz CT molecular complexity index is 718. The number of fused-ring (bicyclic) bond motifs is 1. The largest absolute Gasteiger partial charge is 0.384 e. The lowest BCUT2D eigenvalue weighted by Gasteiger charge is -2.08. The molecule has 0 bridgehead atoms. The normalized spacial score (nSPS) is 11.1. The topological polar surface area (TPSA) is 66.0 Å². The van der Waals surface area contributed by atoms with Crippen LogP contribution in [0.5, 0.6) is 0 Å². The van der Waals surface area contributed by atoms with E-state index in [9.17, 15) is 0 Å². The highest BCUT2D eigenvalue weighted by molar-refractivity contribution is 5.80. The van der Waals surface area contributed by atoms with Crippen LogP contribution >= 0.6 is 0 Å². The Morgan fingerprint density at radius 2 is 2.05 bits per heavy atom. The second-order valence-corrected chi connectivity index (χ2v) is 4.54. The average Bonchev–Trinajstić information content (AvgIpc) is 2.84. The Hall–Kier alpha value is -2.40. The maximum atomic E-state index is 5.64. The Kier molecular flexibility index (Phi) is 3.35. The van der Waals surface area contributed by atoms with Gasteiger partial charge in [0, 0.05) is 25.4 Å². The molecule has 2 N–H and O–H groups in total. The Labute approximate surface area is 117 Å². The number of benzene rings is 1. The Balaban J connectivity index is 2.15. The fourth-order valence-electron chi connectivity index (χ4n) is 2.24. The van der Waals surface area contributed by atoms with Gasteiger partial charge >= 0.3 is 0 Å². The number of nitrogens with two attached hydrogens (primary N) is 1. The maximum Gasteiger partial charge on any atom is 0.142 e. The third-order valence-electron chi connectivity index (χ3n) is 3.22. The first-order chi connectivity index (χ1) is 9.79. The molecule has 0 spiro atoms. The molecule has 2 heterocycles. The Morgan fingerprint density at radius 1 is 1.20 bits per heavy atom. The summed E-state index contributed by atoms with van der Waals surface area (Å²) in [5.74, 6) is 1.39. The summed E-state index contributed by atoms with van der Waals surface area (Å²) < 4.78 is 7.33. The molecule has 3 aromatic rings. The maximum absolute atomic E-state index is 5.64. The van der Waals surface area contributed by atoms with Gasteiger partial charge in [-0.05, 0) is 24.3 Å². The van der Waals surface area contributed by atoms with Gasteiger partial charge in [0.25, 0.3) is 0 Å². The molecule has 0 atom stereocenters. The van der Waals surface area contributed by atoms with Gasteiger partial charge in [-0.25, -0.2) is 9.97 Å². The van der Waals surface area contributed by atoms with E-state index in [2.05, 4.69) is 15.6 Å². The summed E-state index contributed by atoms with van der Waals surface area (Å²) in [4.78, 5) is 8.83. The molecule has 5 nitrogen and oxygen atoms in total. The summed E-state index contributed by atoms with van der Waals surface area (Å²) in [6.07, 6.45) is 1.75. The van der Waals surface area contributed by atoms with Crippen molar-refractivity contribution in [2.24, 2.45) is 0 Å². The van der Waals surface area contributed by atoms with Crippen molar-refractivity contribution in [3.63, 3.8) is 0 Å². The minimum absolute atomic E-state index is 0.508. The molecule has 20 heavy (non-hydrogen) atoms. The average molecular weight is 268 g/mol. The van der Waals surface area contributed by atoms with Crippen LogP contribution in [0.2, 0.25) is 0 Å².